The van der Waals surface area contributed by atoms with Crippen LogP contribution in [0.2, 0.25) is 0 Å². The first-order chi connectivity index (χ1) is 32.3. The van der Waals surface area contributed by atoms with Crippen molar-refractivity contribution in [2.24, 2.45) is 0 Å². The molecule has 10 aromatic rings. The van der Waals surface area contributed by atoms with Crippen LogP contribution in [0.1, 0.15) is 49.9 Å². The van der Waals surface area contributed by atoms with Crippen molar-refractivity contribution in [2.45, 2.75) is 54.6 Å². The number of para-hydroxylation sites is 2. The smallest absolute Gasteiger partial charge is 0.439 e. The van der Waals surface area contributed by atoms with E-state index < -0.39 is 11.5 Å². The third-order valence-electron chi connectivity index (χ3n) is 10.9. The van der Waals surface area contributed by atoms with Gasteiger partial charge >= 0.3 is 11.5 Å². The van der Waals surface area contributed by atoms with Crippen molar-refractivity contribution in [3.63, 3.8) is 0 Å². The maximum absolute atomic E-state index is 11.4. The predicted molar refractivity (Wildman–Crippen MR) is 257 cm³/mol. The molecule has 0 aliphatic heterocycles. The van der Waals surface area contributed by atoms with E-state index in [-0.39, 0.29) is 0 Å². The van der Waals surface area contributed by atoms with E-state index in [0.717, 1.165) is 77.7 Å². The Labute approximate surface area is 380 Å². The molecule has 0 spiro atoms. The summed E-state index contributed by atoms with van der Waals surface area (Å²) in [6.07, 6.45) is 0. The molecule has 0 saturated carbocycles. The summed E-state index contributed by atoms with van der Waals surface area (Å²) >= 11 is 0. The number of hydrogen-bond acceptors (Lipinski definition) is 10. The highest BCUT2D eigenvalue weighted by Gasteiger charge is 2.17. The van der Waals surface area contributed by atoms with Gasteiger partial charge in [-0.25, -0.2) is 9.59 Å². The molecule has 4 heterocycles. The number of nitrogens with one attached hydrogen (secondary N) is 2. The van der Waals surface area contributed by atoms with E-state index in [2.05, 4.69) is 123 Å². The van der Waals surface area contributed by atoms with Gasteiger partial charge < -0.3 is 9.47 Å². The average Bonchev–Trinajstić information content (AvgIpc) is 4.14. The summed E-state index contributed by atoms with van der Waals surface area (Å²) in [6, 6.07) is 45.7. The molecule has 0 atom stereocenters. The van der Waals surface area contributed by atoms with E-state index in [1.807, 2.05) is 100 Å². The van der Waals surface area contributed by atoms with Gasteiger partial charge in [0, 0.05) is 11.1 Å². The first-order valence-corrected chi connectivity index (χ1v) is 21.9. The van der Waals surface area contributed by atoms with E-state index in [9.17, 15) is 9.59 Å². The molecule has 66 heavy (non-hydrogen) atoms. The van der Waals surface area contributed by atoms with Gasteiger partial charge in [-0.05, 0) is 84.3 Å². The molecule has 334 valence electrons. The molecule has 0 fully saturated rings. The lowest BCUT2D eigenvalue weighted by atomic mass is 9.98. The Balaban J connectivity index is 0.000000173. The molecule has 10 rings (SSSR count). The Morgan fingerprint density at radius 2 is 0.879 bits per heavy atom. The average molecular weight is 883 g/mol. The molecule has 2 N–H and O–H groups in total. The number of nitrogens with zero attached hydrogens (tertiary/aromatic N) is 6. The van der Waals surface area contributed by atoms with Gasteiger partial charge in [0.15, 0.2) is 11.6 Å². The molecule has 14 heteroatoms. The number of fused-ring (bicyclic) bond motifs is 2. The SMILES string of the molecule is CC.CCOc1nc2cccc(C)c2n1Cc1ccc(-c2ccccc2-c2noc(=O)[nH]2)cc1.CCOc1nc2cccc(C)c2n1Cc1ccc(-c2ccccc2-c2noc(=O)[nH]2)cc1. The minimum absolute atomic E-state index is 0.413. The van der Waals surface area contributed by atoms with Gasteiger partial charge in [-0.3, -0.25) is 28.1 Å². The van der Waals surface area contributed by atoms with Crippen LogP contribution < -0.4 is 21.0 Å². The van der Waals surface area contributed by atoms with E-state index in [1.165, 1.54) is 0 Å². The topological polar surface area (TPSA) is 172 Å². The minimum atomic E-state index is -0.571. The van der Waals surface area contributed by atoms with Gasteiger partial charge in [-0.15, -0.1) is 0 Å². The van der Waals surface area contributed by atoms with Crippen LogP contribution in [0.25, 0.3) is 67.1 Å². The number of aryl methyl sites for hydroxylation is 2. The van der Waals surface area contributed by atoms with Gasteiger partial charge in [0.05, 0.1) is 48.4 Å². The molecule has 0 saturated heterocycles. The molecule has 0 amide bonds. The molecule has 6 aromatic carbocycles. The Bertz CT molecular complexity index is 3110. The van der Waals surface area contributed by atoms with E-state index in [0.29, 0.717) is 50.0 Å². The number of hydrogen-bond donors (Lipinski definition) is 2. The Hall–Kier alpha value is -8.26. The Morgan fingerprint density at radius 1 is 0.500 bits per heavy atom. The summed E-state index contributed by atoms with van der Waals surface area (Å²) in [5.74, 6) is -0.316. The van der Waals surface area contributed by atoms with Crippen molar-refractivity contribution in [1.29, 1.82) is 0 Å². The van der Waals surface area contributed by atoms with Gasteiger partial charge in [-0.1, -0.05) is 145 Å². The second kappa shape index (κ2) is 20.1. The molecule has 4 aromatic heterocycles. The lowest BCUT2D eigenvalue weighted by molar-refractivity contribution is 0.301. The molecule has 0 bridgehead atoms. The van der Waals surface area contributed by atoms with Crippen molar-refractivity contribution in [1.82, 2.24) is 39.4 Å². The highest BCUT2D eigenvalue weighted by molar-refractivity contribution is 5.83. The first-order valence-electron chi connectivity index (χ1n) is 21.9. The number of imidazole rings is 2. The first kappa shape index (κ1) is 44.4. The van der Waals surface area contributed by atoms with Gasteiger partial charge in [-0.2, -0.15) is 9.97 Å². The Morgan fingerprint density at radius 3 is 1.23 bits per heavy atom. The number of H-pyrrole nitrogens is 2. The van der Waals surface area contributed by atoms with Crippen molar-refractivity contribution in [2.75, 3.05) is 13.2 Å². The maximum Gasteiger partial charge on any atom is 0.439 e. The van der Waals surface area contributed by atoms with Crippen LogP contribution >= 0.6 is 0 Å². The van der Waals surface area contributed by atoms with Crippen molar-refractivity contribution < 1.29 is 18.5 Å². The summed E-state index contributed by atoms with van der Waals surface area (Å²) in [5.41, 5.74) is 14.2. The predicted octanol–water partition coefficient (Wildman–Crippen LogP) is 10.6. The highest BCUT2D eigenvalue weighted by atomic mass is 16.5. The molecule has 0 radical (unpaired) electrons. The maximum atomic E-state index is 11.4. The van der Waals surface area contributed by atoms with Crippen LogP contribution in [0.3, 0.4) is 0 Å². The largest absolute Gasteiger partial charge is 0.465 e. The van der Waals surface area contributed by atoms with E-state index >= 15 is 0 Å². The molecule has 0 aliphatic rings. The van der Waals surface area contributed by atoms with Crippen LogP contribution in [0.5, 0.6) is 12.0 Å². The van der Waals surface area contributed by atoms with Crippen LogP contribution in [-0.4, -0.2) is 52.6 Å². The molecule has 0 aliphatic carbocycles. The van der Waals surface area contributed by atoms with Crippen LogP contribution in [0, 0.1) is 13.8 Å². The third kappa shape index (κ3) is 9.34. The summed E-state index contributed by atoms with van der Waals surface area (Å²) in [5, 5.41) is 7.67. The summed E-state index contributed by atoms with van der Waals surface area (Å²) in [4.78, 5) is 37.4. The number of benzene rings is 6. The number of aromatic nitrogens is 8. The summed E-state index contributed by atoms with van der Waals surface area (Å²) < 4.78 is 25.2. The van der Waals surface area contributed by atoms with Gasteiger partial charge in [0.2, 0.25) is 0 Å². The van der Waals surface area contributed by atoms with Crippen molar-refractivity contribution in [3.8, 4) is 57.1 Å². The lowest BCUT2D eigenvalue weighted by Gasteiger charge is -2.12. The summed E-state index contributed by atoms with van der Waals surface area (Å²) in [6.45, 7) is 14.5. The van der Waals surface area contributed by atoms with Crippen molar-refractivity contribution in [3.05, 3.63) is 177 Å². The standard InChI is InChI=1S/2C25H22N4O3.C2H6/c2*1-3-31-24-26-21-10-6-7-16(2)22(21)29(24)15-17-11-13-18(14-12-17)19-8-4-5-9-20(19)23-27-25(30)32-28-23;1-2/h2*4-14H,3,15H2,1-2H3,(H,27,28,30);1-2H3. The van der Waals surface area contributed by atoms with Gasteiger partial charge in [0.1, 0.15) is 0 Å². The van der Waals surface area contributed by atoms with Gasteiger partial charge in [0.25, 0.3) is 12.0 Å². The second-order valence-corrected chi connectivity index (χ2v) is 15.1. The quantitative estimate of drug-likeness (QED) is 0.120. The zero-order valence-corrected chi connectivity index (χ0v) is 37.7. The zero-order chi connectivity index (χ0) is 46.2. The van der Waals surface area contributed by atoms with E-state index in [4.69, 9.17) is 9.47 Å². The number of aromatic amines is 2. The molecular formula is C52H50N8O6. The van der Waals surface area contributed by atoms with Crippen LogP contribution in [-0.2, 0) is 13.1 Å². The Kier molecular flexibility index (Phi) is 13.5. The minimum Gasteiger partial charge on any atom is -0.465 e. The fourth-order valence-corrected chi connectivity index (χ4v) is 7.98. The monoisotopic (exact) mass is 882 g/mol. The number of rotatable bonds is 12. The van der Waals surface area contributed by atoms with Crippen LogP contribution in [0.4, 0.5) is 0 Å². The fraction of sp³-hybridized carbons (Fsp3) is 0.192. The van der Waals surface area contributed by atoms with E-state index in [1.54, 1.807) is 0 Å². The lowest BCUT2D eigenvalue weighted by Crippen LogP contribution is -2.05. The zero-order valence-electron chi connectivity index (χ0n) is 37.7. The number of ether oxygens (including phenoxy) is 2. The molecule has 14 nitrogen and oxygen atoms in total. The van der Waals surface area contributed by atoms with Crippen molar-refractivity contribution >= 4 is 22.1 Å². The van der Waals surface area contributed by atoms with Crippen LogP contribution in [0.15, 0.2) is 152 Å². The molecule has 0 unspecified atom stereocenters. The second-order valence-electron chi connectivity index (χ2n) is 15.1. The third-order valence-corrected chi connectivity index (χ3v) is 10.9. The molecular weight excluding hydrogens is 833 g/mol. The summed E-state index contributed by atoms with van der Waals surface area (Å²) in [7, 11) is 0. The fourth-order valence-electron chi connectivity index (χ4n) is 7.98. The normalized spacial score (nSPS) is 10.9. The highest BCUT2D eigenvalue weighted by Crippen LogP contribution is 2.33.